The van der Waals surface area contributed by atoms with Gasteiger partial charge in [-0.15, -0.1) is 0 Å². The monoisotopic (exact) mass is 1510 g/mol. The third kappa shape index (κ3) is 10.5. The van der Waals surface area contributed by atoms with Gasteiger partial charge in [-0.2, -0.15) is 0 Å². The van der Waals surface area contributed by atoms with Gasteiger partial charge in [0.2, 0.25) is 0 Å². The lowest BCUT2D eigenvalue weighted by atomic mass is 9.55. The molecule has 2 heteroatoms. The molecule has 1 nitrogen and oxygen atoms in total. The van der Waals surface area contributed by atoms with E-state index >= 15 is 0 Å². The van der Waals surface area contributed by atoms with Gasteiger partial charge in [0, 0.05) is 43.1 Å². The molecular weight excluding hydrogens is 1430 g/mol. The predicted molar refractivity (Wildman–Crippen MR) is 476 cm³/mol. The van der Waals surface area contributed by atoms with Crippen molar-refractivity contribution in [1.29, 1.82) is 0 Å². The first kappa shape index (κ1) is 70.0. The first-order valence-corrected chi connectivity index (χ1v) is 40.9. The first-order valence-electron chi connectivity index (χ1n) is 40.1. The van der Waals surface area contributed by atoms with Gasteiger partial charge in [-0.25, -0.2) is 0 Å². The number of hydrogen-bond acceptors (Lipinski definition) is 1. The Kier molecular flexibility index (Phi) is 16.4. The van der Waals surface area contributed by atoms with Crippen molar-refractivity contribution in [2.24, 2.45) is 0 Å². The Morgan fingerprint density at radius 1 is 0.212 bits per heavy atom. The number of halogens is 1. The van der Waals surface area contributed by atoms with E-state index in [2.05, 4.69) is 452 Å². The normalized spacial score (nSPS) is 15.4. The average molecular weight is 1520 g/mol. The van der Waals surface area contributed by atoms with Crippen LogP contribution in [0.15, 0.2) is 381 Å². The second kappa shape index (κ2) is 26.5. The number of nitrogens with zero attached hydrogens (tertiary/aromatic N) is 1. The van der Waals surface area contributed by atoms with Crippen LogP contribution in [-0.4, -0.2) is 0 Å². The Labute approximate surface area is 674 Å². The summed E-state index contributed by atoms with van der Waals surface area (Å²) < 4.78 is 1.13. The summed E-state index contributed by atoms with van der Waals surface area (Å²) in [5.74, 6) is 0. The van der Waals surface area contributed by atoms with Crippen molar-refractivity contribution < 1.29 is 0 Å². The van der Waals surface area contributed by atoms with Crippen LogP contribution in [0.1, 0.15) is 156 Å². The van der Waals surface area contributed by atoms with Gasteiger partial charge >= 0.3 is 0 Å². The zero-order valence-electron chi connectivity index (χ0n) is 65.3. The van der Waals surface area contributed by atoms with Crippen molar-refractivity contribution in [3.63, 3.8) is 0 Å². The second-order valence-electron chi connectivity index (χ2n) is 33.8. The summed E-state index contributed by atoms with van der Waals surface area (Å²) in [5.41, 5.74) is 43.2. The number of benzene rings is 16. The van der Waals surface area contributed by atoms with Crippen LogP contribution in [0, 0.1) is 0 Å². The maximum atomic E-state index is 3.76. The summed E-state index contributed by atoms with van der Waals surface area (Å²) in [6.45, 7) is 19.0. The molecule has 0 heterocycles. The highest BCUT2D eigenvalue weighted by Gasteiger charge is 2.55. The van der Waals surface area contributed by atoms with Crippen molar-refractivity contribution in [1.82, 2.24) is 0 Å². The van der Waals surface area contributed by atoms with Crippen LogP contribution < -0.4 is 4.90 Å². The summed E-state index contributed by atoms with van der Waals surface area (Å²) in [5, 5.41) is 0. The Morgan fingerprint density at radius 2 is 0.504 bits per heavy atom. The molecule has 0 atom stereocenters. The Bertz CT molecular complexity index is 6400. The van der Waals surface area contributed by atoms with E-state index in [1.807, 2.05) is 0 Å². The summed E-state index contributed by atoms with van der Waals surface area (Å²) >= 11 is 3.76. The summed E-state index contributed by atoms with van der Waals surface area (Å²) in [7, 11) is 0. The zero-order chi connectivity index (χ0) is 76.8. The van der Waals surface area contributed by atoms with Crippen molar-refractivity contribution in [2.45, 2.75) is 94.3 Å². The maximum Gasteiger partial charge on any atom is 0.0720 e. The van der Waals surface area contributed by atoms with E-state index in [4.69, 9.17) is 0 Å². The standard InChI is InChI=1S/C55H43N.C28H21Br.C28H24/c1-53(2)44-23-11-8-21-40(44)42-32-30-37(34-50(42)53)56(52-29-17-10-20-39(52)36-18-6-5-7-19-36)38-31-33-43-41-22-9-12-24-45(41)55(51(43)35-38)48-27-15-13-25-46(48)54(3,4)47-26-14-16-28-49(47)55;1-27(2)22-11-5-7-13-24(22)28(25-14-8-6-12-23(25)27)21-10-4-3-9-19(21)20-16-15-18(29)17-26(20)28;1-28(2)26-15-9-8-14-24(26)25-17-16-20(19-27(25)28)18-22-12-6-7-13-23(22)21-10-4-3-5-11-21/h5-35H,1-4H3;3-17H,1-2H3;3-17,19H,18H2,1-2H3. The highest BCUT2D eigenvalue weighted by atomic mass is 79.9. The minimum atomic E-state index is -0.475. The molecule has 6 aliphatic carbocycles. The SMILES string of the molecule is CC1(C)c2ccccc2-c2ccc(Cc3ccccc3-c3ccccc3)cc21.CC1(C)c2ccccc2-c2ccc(N(c3ccc4c(c3)C3(c5ccccc5-4)c4ccccc4C(C)(C)c4ccccc43)c3ccccc3-c3ccccc3)cc21.CC1(C)c2ccccc2C2(c3ccccc3-c3ccc(Br)cc32)c2ccccc21. The number of anilines is 3. The smallest absolute Gasteiger partial charge is 0.0720 e. The van der Waals surface area contributed by atoms with Gasteiger partial charge in [0.25, 0.3) is 0 Å². The van der Waals surface area contributed by atoms with Crippen molar-refractivity contribution in [2.75, 3.05) is 4.90 Å². The molecule has 113 heavy (non-hydrogen) atoms. The first-order chi connectivity index (χ1) is 55.0. The molecule has 6 aliphatic rings. The van der Waals surface area contributed by atoms with Crippen LogP contribution in [0.4, 0.5) is 17.1 Å². The van der Waals surface area contributed by atoms with Gasteiger partial charge in [-0.1, -0.05) is 405 Å². The highest BCUT2D eigenvalue weighted by Crippen LogP contribution is 2.65. The molecule has 2 spiro atoms. The molecule has 0 N–H and O–H groups in total. The molecular formula is C111H88BrN. The van der Waals surface area contributed by atoms with E-state index in [0.29, 0.717) is 0 Å². The lowest BCUT2D eigenvalue weighted by Crippen LogP contribution is -2.40. The molecule has 0 fully saturated rings. The third-order valence-electron chi connectivity index (χ3n) is 26.5. The number of para-hydroxylation sites is 1. The molecule has 0 bridgehead atoms. The molecule has 0 saturated carbocycles. The largest absolute Gasteiger partial charge is 0.310 e. The van der Waals surface area contributed by atoms with Gasteiger partial charge in [-0.05, 0) is 210 Å². The van der Waals surface area contributed by atoms with E-state index in [9.17, 15) is 0 Å². The molecule has 22 rings (SSSR count). The van der Waals surface area contributed by atoms with Gasteiger partial charge < -0.3 is 4.90 Å². The second-order valence-corrected chi connectivity index (χ2v) is 34.7. The average Bonchev–Trinajstić information content (AvgIpc) is 1.54. The Morgan fingerprint density at radius 3 is 0.965 bits per heavy atom. The molecule has 0 unspecified atom stereocenters. The molecule has 544 valence electrons. The molecule has 0 aliphatic heterocycles. The van der Waals surface area contributed by atoms with Crippen molar-refractivity contribution in [3.8, 4) is 66.8 Å². The van der Waals surface area contributed by atoms with E-state index < -0.39 is 5.41 Å². The fourth-order valence-corrected chi connectivity index (χ4v) is 21.6. The molecule has 0 radical (unpaired) electrons. The van der Waals surface area contributed by atoms with Crippen LogP contribution in [-0.2, 0) is 38.9 Å². The van der Waals surface area contributed by atoms with E-state index in [1.54, 1.807) is 0 Å². The Hall–Kier alpha value is -12.2. The fourth-order valence-electron chi connectivity index (χ4n) is 21.3. The lowest BCUT2D eigenvalue weighted by Gasteiger charge is -2.46. The van der Waals surface area contributed by atoms with E-state index in [1.165, 1.54) is 167 Å². The Balaban J connectivity index is 0.000000122. The summed E-state index contributed by atoms with van der Waals surface area (Å²) in [6.07, 6.45) is 0.949. The van der Waals surface area contributed by atoms with Gasteiger partial charge in [0.1, 0.15) is 0 Å². The minimum Gasteiger partial charge on any atom is -0.310 e. The quantitative estimate of drug-likeness (QED) is 0.154. The van der Waals surface area contributed by atoms with Crippen LogP contribution in [0.25, 0.3) is 66.8 Å². The maximum absolute atomic E-state index is 3.76. The van der Waals surface area contributed by atoms with Crippen molar-refractivity contribution in [3.05, 3.63) is 481 Å². The van der Waals surface area contributed by atoms with Crippen LogP contribution >= 0.6 is 15.9 Å². The zero-order valence-corrected chi connectivity index (χ0v) is 66.9. The van der Waals surface area contributed by atoms with Gasteiger partial charge in [0.05, 0.1) is 16.5 Å². The van der Waals surface area contributed by atoms with Crippen molar-refractivity contribution >= 4 is 33.0 Å². The lowest BCUT2D eigenvalue weighted by molar-refractivity contribution is 0.563. The molecule has 16 aromatic rings. The van der Waals surface area contributed by atoms with Crippen LogP contribution in [0.5, 0.6) is 0 Å². The molecule has 0 saturated heterocycles. The highest BCUT2D eigenvalue weighted by molar-refractivity contribution is 9.10. The fraction of sp³-hybridized carbons (Fsp3) is 0.135. The minimum absolute atomic E-state index is 0.0395. The number of hydrogen-bond donors (Lipinski definition) is 0. The molecule has 0 aromatic heterocycles. The molecule has 0 amide bonds. The number of rotatable bonds is 7. The summed E-state index contributed by atoms with van der Waals surface area (Å²) in [6, 6.07) is 140. The predicted octanol–water partition coefficient (Wildman–Crippen LogP) is 28.8. The number of fused-ring (bicyclic) bond motifs is 24. The third-order valence-corrected chi connectivity index (χ3v) is 27.0. The topological polar surface area (TPSA) is 3.24 Å². The summed E-state index contributed by atoms with van der Waals surface area (Å²) in [4.78, 5) is 2.52. The van der Waals surface area contributed by atoms with Crippen LogP contribution in [0.3, 0.4) is 0 Å². The van der Waals surface area contributed by atoms with Gasteiger partial charge in [0.15, 0.2) is 0 Å². The van der Waals surface area contributed by atoms with Crippen LogP contribution in [0.2, 0.25) is 0 Å². The molecule has 16 aromatic carbocycles. The van der Waals surface area contributed by atoms with E-state index in [0.717, 1.165) is 28.0 Å². The van der Waals surface area contributed by atoms with Gasteiger partial charge in [-0.3, -0.25) is 0 Å². The van der Waals surface area contributed by atoms with E-state index in [-0.39, 0.29) is 27.1 Å².